The molecule has 3 rings (SSSR count). The van der Waals surface area contributed by atoms with Crippen LogP contribution in [0.1, 0.15) is 23.2 Å². The number of guanidine groups is 1. The summed E-state index contributed by atoms with van der Waals surface area (Å²) in [7, 11) is 0. The van der Waals surface area contributed by atoms with E-state index in [1.165, 1.54) is 11.0 Å². The van der Waals surface area contributed by atoms with Gasteiger partial charge < -0.3 is 4.90 Å². The standard InChI is InChI=1S/C14H15F2N3O/c15-10-4-3-5-11(16)12(10)13(20)19-9-6-17-14(19)18-7-1-2-8-18/h3-5H,1-2,6-9H2. The Bertz CT molecular complexity index is 547. The number of hydrogen-bond donors (Lipinski definition) is 0. The molecule has 0 aliphatic carbocycles. The first-order chi connectivity index (χ1) is 9.68. The summed E-state index contributed by atoms with van der Waals surface area (Å²) in [5, 5.41) is 0. The predicted octanol–water partition coefficient (Wildman–Crippen LogP) is 1.87. The van der Waals surface area contributed by atoms with Gasteiger partial charge in [0.15, 0.2) is 0 Å². The quantitative estimate of drug-likeness (QED) is 0.787. The van der Waals surface area contributed by atoms with Gasteiger partial charge in [-0.3, -0.25) is 14.7 Å². The molecule has 1 aromatic rings. The van der Waals surface area contributed by atoms with Crippen LogP contribution in [0.15, 0.2) is 23.2 Å². The number of halogens is 2. The van der Waals surface area contributed by atoms with E-state index in [0.717, 1.165) is 38.1 Å². The third-order valence-corrected chi connectivity index (χ3v) is 3.63. The molecule has 0 aromatic heterocycles. The van der Waals surface area contributed by atoms with Crippen molar-refractivity contribution in [3.63, 3.8) is 0 Å². The maximum Gasteiger partial charge on any atom is 0.266 e. The molecule has 0 N–H and O–H groups in total. The van der Waals surface area contributed by atoms with Crippen molar-refractivity contribution in [2.75, 3.05) is 26.2 Å². The highest BCUT2D eigenvalue weighted by Crippen LogP contribution is 2.20. The normalized spacial score (nSPS) is 18.6. The summed E-state index contributed by atoms with van der Waals surface area (Å²) in [6.07, 6.45) is 2.10. The van der Waals surface area contributed by atoms with Gasteiger partial charge >= 0.3 is 0 Å². The number of benzene rings is 1. The highest BCUT2D eigenvalue weighted by atomic mass is 19.1. The first kappa shape index (κ1) is 13.0. The molecule has 0 bridgehead atoms. The molecule has 0 unspecified atom stereocenters. The summed E-state index contributed by atoms with van der Waals surface area (Å²) in [5.41, 5.74) is -0.499. The molecule has 1 saturated heterocycles. The third-order valence-electron chi connectivity index (χ3n) is 3.63. The van der Waals surface area contributed by atoms with Crippen LogP contribution in [0.2, 0.25) is 0 Å². The predicted molar refractivity (Wildman–Crippen MR) is 70.5 cm³/mol. The first-order valence-corrected chi connectivity index (χ1v) is 6.74. The number of amides is 1. The Morgan fingerprint density at radius 1 is 1.10 bits per heavy atom. The lowest BCUT2D eigenvalue weighted by atomic mass is 10.1. The van der Waals surface area contributed by atoms with Gasteiger partial charge in [0.2, 0.25) is 5.96 Å². The monoisotopic (exact) mass is 279 g/mol. The topological polar surface area (TPSA) is 35.9 Å². The van der Waals surface area contributed by atoms with Gasteiger partial charge in [0.1, 0.15) is 17.2 Å². The van der Waals surface area contributed by atoms with E-state index in [2.05, 4.69) is 4.99 Å². The van der Waals surface area contributed by atoms with Gasteiger partial charge in [-0.05, 0) is 25.0 Å². The number of hydrogen-bond acceptors (Lipinski definition) is 3. The van der Waals surface area contributed by atoms with Crippen LogP contribution < -0.4 is 0 Å². The van der Waals surface area contributed by atoms with Crippen LogP contribution in [0.4, 0.5) is 8.78 Å². The summed E-state index contributed by atoms with van der Waals surface area (Å²) < 4.78 is 27.4. The largest absolute Gasteiger partial charge is 0.342 e. The zero-order chi connectivity index (χ0) is 14.1. The fourth-order valence-electron chi connectivity index (χ4n) is 2.65. The summed E-state index contributed by atoms with van der Waals surface area (Å²) in [6, 6.07) is 3.44. The van der Waals surface area contributed by atoms with E-state index in [-0.39, 0.29) is 0 Å². The Kier molecular flexibility index (Phi) is 3.38. The molecular weight excluding hydrogens is 264 g/mol. The second-order valence-electron chi connectivity index (χ2n) is 4.93. The van der Waals surface area contributed by atoms with Crippen LogP contribution in [-0.2, 0) is 0 Å². The molecular formula is C14H15F2N3O. The van der Waals surface area contributed by atoms with Crippen molar-refractivity contribution in [2.45, 2.75) is 12.8 Å². The molecule has 1 fully saturated rings. The van der Waals surface area contributed by atoms with Crippen LogP contribution in [0, 0.1) is 11.6 Å². The van der Waals surface area contributed by atoms with Crippen molar-refractivity contribution in [3.8, 4) is 0 Å². The van der Waals surface area contributed by atoms with Gasteiger partial charge in [-0.15, -0.1) is 0 Å². The Morgan fingerprint density at radius 3 is 2.40 bits per heavy atom. The minimum Gasteiger partial charge on any atom is -0.342 e. The second-order valence-corrected chi connectivity index (χ2v) is 4.93. The van der Waals surface area contributed by atoms with Crippen LogP contribution in [-0.4, -0.2) is 47.8 Å². The molecule has 1 amide bonds. The Balaban J connectivity index is 1.88. The maximum atomic E-state index is 13.7. The van der Waals surface area contributed by atoms with Crippen molar-refractivity contribution in [1.29, 1.82) is 0 Å². The van der Waals surface area contributed by atoms with E-state index < -0.39 is 23.1 Å². The summed E-state index contributed by atoms with van der Waals surface area (Å²) in [6.45, 7) is 2.52. The number of likely N-dealkylation sites (tertiary alicyclic amines) is 1. The molecule has 2 heterocycles. The first-order valence-electron chi connectivity index (χ1n) is 6.74. The van der Waals surface area contributed by atoms with Crippen LogP contribution >= 0.6 is 0 Å². The van der Waals surface area contributed by atoms with E-state index in [9.17, 15) is 13.6 Å². The molecule has 0 atom stereocenters. The van der Waals surface area contributed by atoms with Crippen molar-refractivity contribution >= 4 is 11.9 Å². The zero-order valence-electron chi connectivity index (χ0n) is 11.0. The van der Waals surface area contributed by atoms with Gasteiger partial charge in [0.25, 0.3) is 5.91 Å². The molecule has 0 radical (unpaired) electrons. The van der Waals surface area contributed by atoms with Crippen molar-refractivity contribution < 1.29 is 13.6 Å². The van der Waals surface area contributed by atoms with E-state index >= 15 is 0 Å². The van der Waals surface area contributed by atoms with Gasteiger partial charge in [-0.1, -0.05) is 6.07 Å². The van der Waals surface area contributed by atoms with E-state index in [4.69, 9.17) is 0 Å². The number of carbonyl (C=O) groups is 1. The molecule has 0 saturated carbocycles. The molecule has 0 spiro atoms. The Labute approximate surface area is 115 Å². The van der Waals surface area contributed by atoms with Crippen LogP contribution in [0.3, 0.4) is 0 Å². The second kappa shape index (κ2) is 5.19. The van der Waals surface area contributed by atoms with Crippen LogP contribution in [0.5, 0.6) is 0 Å². The third kappa shape index (κ3) is 2.15. The van der Waals surface area contributed by atoms with Gasteiger partial charge in [0, 0.05) is 19.6 Å². The van der Waals surface area contributed by atoms with Gasteiger partial charge in [0.05, 0.1) is 6.54 Å². The average Bonchev–Trinajstić information content (AvgIpc) is 3.09. The fourth-order valence-corrected chi connectivity index (χ4v) is 2.65. The molecule has 2 aliphatic heterocycles. The van der Waals surface area contributed by atoms with Crippen molar-refractivity contribution in [2.24, 2.45) is 4.99 Å². The minimum absolute atomic E-state index is 0.373. The Hall–Kier alpha value is -1.98. The number of carbonyl (C=O) groups excluding carboxylic acids is 1. The summed E-state index contributed by atoms with van der Waals surface area (Å²) >= 11 is 0. The minimum atomic E-state index is -0.831. The highest BCUT2D eigenvalue weighted by Gasteiger charge is 2.32. The number of nitrogens with zero attached hydrogens (tertiary/aromatic N) is 3. The Morgan fingerprint density at radius 2 is 1.75 bits per heavy atom. The lowest BCUT2D eigenvalue weighted by molar-refractivity contribution is 0.0836. The van der Waals surface area contributed by atoms with E-state index in [1.807, 2.05) is 4.90 Å². The number of rotatable bonds is 1. The van der Waals surface area contributed by atoms with E-state index in [1.54, 1.807) is 0 Å². The average molecular weight is 279 g/mol. The summed E-state index contributed by atoms with van der Waals surface area (Å²) in [5.74, 6) is -1.76. The van der Waals surface area contributed by atoms with Crippen molar-refractivity contribution in [1.82, 2.24) is 9.80 Å². The molecule has 20 heavy (non-hydrogen) atoms. The van der Waals surface area contributed by atoms with Crippen LogP contribution in [0.25, 0.3) is 0 Å². The van der Waals surface area contributed by atoms with Crippen molar-refractivity contribution in [3.05, 3.63) is 35.4 Å². The van der Waals surface area contributed by atoms with Gasteiger partial charge in [-0.2, -0.15) is 0 Å². The smallest absolute Gasteiger partial charge is 0.266 e. The maximum absolute atomic E-state index is 13.7. The highest BCUT2D eigenvalue weighted by molar-refractivity contribution is 6.06. The number of aliphatic imine (C=N–C) groups is 1. The van der Waals surface area contributed by atoms with E-state index in [0.29, 0.717) is 19.0 Å². The lowest BCUT2D eigenvalue weighted by Crippen LogP contribution is -2.44. The molecule has 1 aromatic carbocycles. The fraction of sp³-hybridized carbons (Fsp3) is 0.429. The lowest BCUT2D eigenvalue weighted by Gasteiger charge is -2.26. The SMILES string of the molecule is O=C(c1c(F)cccc1F)N1CCN=C1N1CCCC1. The zero-order valence-corrected chi connectivity index (χ0v) is 11.0. The molecule has 2 aliphatic rings. The molecule has 106 valence electrons. The summed E-state index contributed by atoms with van der Waals surface area (Å²) in [4.78, 5) is 20.1. The molecule has 4 nitrogen and oxygen atoms in total. The molecule has 6 heteroatoms. The van der Waals surface area contributed by atoms with Gasteiger partial charge in [-0.25, -0.2) is 8.78 Å².